The summed E-state index contributed by atoms with van der Waals surface area (Å²) in [6, 6.07) is 17.4. The number of amides is 2. The quantitative estimate of drug-likeness (QED) is 0.707. The minimum Gasteiger partial charge on any atom is -0.352 e. The summed E-state index contributed by atoms with van der Waals surface area (Å²) in [7, 11) is 0. The molecule has 0 fully saturated rings. The van der Waals surface area contributed by atoms with Crippen LogP contribution in [0.4, 0.5) is 0 Å². The number of carbonyl (C=O) groups excluding carboxylic acids is 2. The smallest absolute Gasteiger partial charge is 0.243 e. The third-order valence-corrected chi connectivity index (χ3v) is 5.02. The molecule has 0 radical (unpaired) electrons. The minimum atomic E-state index is -0.480. The number of hydrogen-bond acceptors (Lipinski definition) is 2. The van der Waals surface area contributed by atoms with E-state index in [0.717, 1.165) is 23.1 Å². The first kappa shape index (κ1) is 21.7. The lowest BCUT2D eigenvalue weighted by Crippen LogP contribution is -2.51. The van der Waals surface area contributed by atoms with E-state index in [1.807, 2.05) is 82.3 Å². The number of carbonyl (C=O) groups is 2. The third kappa shape index (κ3) is 6.22. The van der Waals surface area contributed by atoms with Crippen molar-refractivity contribution < 1.29 is 9.59 Å². The van der Waals surface area contributed by atoms with E-state index in [9.17, 15) is 9.59 Å². The van der Waals surface area contributed by atoms with Crippen molar-refractivity contribution in [3.8, 4) is 0 Å². The molecule has 0 aromatic heterocycles. The van der Waals surface area contributed by atoms with Gasteiger partial charge in [-0.05, 0) is 37.8 Å². The van der Waals surface area contributed by atoms with Crippen molar-refractivity contribution in [3.63, 3.8) is 0 Å². The van der Waals surface area contributed by atoms with Crippen LogP contribution in [0.15, 0.2) is 54.6 Å². The number of aryl methyl sites for hydroxylation is 1. The molecule has 2 aromatic carbocycles. The Kier molecular flexibility index (Phi) is 8.24. The van der Waals surface area contributed by atoms with Crippen LogP contribution < -0.4 is 5.32 Å². The Morgan fingerprint density at radius 2 is 1.64 bits per heavy atom. The van der Waals surface area contributed by atoms with Gasteiger partial charge in [0, 0.05) is 12.6 Å². The molecule has 4 heteroatoms. The van der Waals surface area contributed by atoms with Crippen LogP contribution in [0.5, 0.6) is 0 Å². The first-order chi connectivity index (χ1) is 13.4. The van der Waals surface area contributed by atoms with E-state index in [4.69, 9.17) is 0 Å². The number of nitrogens with one attached hydrogen (secondary N) is 1. The monoisotopic (exact) mass is 380 g/mol. The predicted molar refractivity (Wildman–Crippen MR) is 114 cm³/mol. The Balaban J connectivity index is 2.26. The molecule has 0 aliphatic carbocycles. The lowest BCUT2D eigenvalue weighted by molar-refractivity contribution is -0.141. The van der Waals surface area contributed by atoms with E-state index >= 15 is 0 Å². The molecule has 2 unspecified atom stereocenters. The normalized spacial score (nSPS) is 12.9. The van der Waals surface area contributed by atoms with Crippen LogP contribution in [0, 0.1) is 6.92 Å². The number of benzene rings is 2. The van der Waals surface area contributed by atoms with Gasteiger partial charge in [0.2, 0.25) is 11.8 Å². The van der Waals surface area contributed by atoms with Crippen LogP contribution in [-0.4, -0.2) is 28.8 Å². The van der Waals surface area contributed by atoms with Crippen LogP contribution in [0.25, 0.3) is 0 Å². The van der Waals surface area contributed by atoms with Crippen molar-refractivity contribution in [2.45, 2.75) is 65.6 Å². The zero-order chi connectivity index (χ0) is 20.5. The fourth-order valence-corrected chi connectivity index (χ4v) is 3.24. The molecule has 2 aromatic rings. The van der Waals surface area contributed by atoms with Gasteiger partial charge in [-0.3, -0.25) is 9.59 Å². The Morgan fingerprint density at radius 3 is 2.25 bits per heavy atom. The van der Waals surface area contributed by atoms with Crippen molar-refractivity contribution in [3.05, 3.63) is 71.3 Å². The maximum absolute atomic E-state index is 13.2. The molecule has 0 spiro atoms. The standard InChI is InChI=1S/C24H32N2O2/c1-5-19(4)25-24(28)22(6-2)26(17-20-12-8-7-9-13-20)23(27)16-21-14-10-11-18(3)15-21/h7-15,19,22H,5-6,16-17H2,1-4H3,(H,25,28). The number of hydrogen-bond donors (Lipinski definition) is 1. The minimum absolute atomic E-state index is 0.0272. The van der Waals surface area contributed by atoms with Gasteiger partial charge in [-0.1, -0.05) is 74.0 Å². The van der Waals surface area contributed by atoms with E-state index < -0.39 is 6.04 Å². The van der Waals surface area contributed by atoms with Crippen molar-refractivity contribution in [2.75, 3.05) is 0 Å². The highest BCUT2D eigenvalue weighted by atomic mass is 16.2. The molecule has 0 aliphatic heterocycles. The Labute approximate surface area is 169 Å². The van der Waals surface area contributed by atoms with E-state index in [0.29, 0.717) is 19.4 Å². The molecule has 4 nitrogen and oxygen atoms in total. The summed E-state index contributed by atoms with van der Waals surface area (Å²) in [5, 5.41) is 3.04. The van der Waals surface area contributed by atoms with Gasteiger partial charge >= 0.3 is 0 Å². The topological polar surface area (TPSA) is 49.4 Å². The van der Waals surface area contributed by atoms with Crippen molar-refractivity contribution in [1.82, 2.24) is 10.2 Å². The number of nitrogens with zero attached hydrogens (tertiary/aromatic N) is 1. The highest BCUT2D eigenvalue weighted by Crippen LogP contribution is 2.15. The van der Waals surface area contributed by atoms with Gasteiger partial charge in [0.15, 0.2) is 0 Å². The number of rotatable bonds is 9. The zero-order valence-electron chi connectivity index (χ0n) is 17.4. The molecule has 2 atom stereocenters. The molecule has 0 saturated carbocycles. The molecule has 0 heterocycles. The fraction of sp³-hybridized carbons (Fsp3) is 0.417. The summed E-state index contributed by atoms with van der Waals surface area (Å²) in [5.74, 6) is -0.106. The summed E-state index contributed by atoms with van der Waals surface area (Å²) < 4.78 is 0. The molecule has 0 saturated heterocycles. The van der Waals surface area contributed by atoms with Crippen LogP contribution in [0.1, 0.15) is 50.3 Å². The van der Waals surface area contributed by atoms with Crippen LogP contribution >= 0.6 is 0 Å². The summed E-state index contributed by atoms with van der Waals surface area (Å²) in [6.45, 7) is 8.43. The second kappa shape index (κ2) is 10.6. The van der Waals surface area contributed by atoms with Gasteiger partial charge in [0.25, 0.3) is 0 Å². The van der Waals surface area contributed by atoms with Gasteiger partial charge in [0.1, 0.15) is 6.04 Å². The lowest BCUT2D eigenvalue weighted by atomic mass is 10.0. The summed E-state index contributed by atoms with van der Waals surface area (Å²) >= 11 is 0. The average molecular weight is 381 g/mol. The molecule has 1 N–H and O–H groups in total. The van der Waals surface area contributed by atoms with E-state index in [-0.39, 0.29) is 17.9 Å². The zero-order valence-corrected chi connectivity index (χ0v) is 17.4. The van der Waals surface area contributed by atoms with E-state index in [2.05, 4.69) is 5.32 Å². The maximum Gasteiger partial charge on any atom is 0.243 e. The highest BCUT2D eigenvalue weighted by molar-refractivity contribution is 5.88. The Morgan fingerprint density at radius 1 is 0.964 bits per heavy atom. The van der Waals surface area contributed by atoms with Crippen molar-refractivity contribution in [1.29, 1.82) is 0 Å². The molecule has 28 heavy (non-hydrogen) atoms. The molecule has 2 rings (SSSR count). The second-order valence-corrected chi connectivity index (χ2v) is 7.41. The molecular weight excluding hydrogens is 348 g/mol. The van der Waals surface area contributed by atoms with Gasteiger partial charge in [-0.25, -0.2) is 0 Å². The Bertz CT molecular complexity index is 773. The SMILES string of the molecule is CCC(C)NC(=O)C(CC)N(Cc1ccccc1)C(=O)Cc1cccc(C)c1. The lowest BCUT2D eigenvalue weighted by Gasteiger charge is -2.31. The van der Waals surface area contributed by atoms with Crippen molar-refractivity contribution in [2.24, 2.45) is 0 Å². The summed E-state index contributed by atoms with van der Waals surface area (Å²) in [6.07, 6.45) is 1.73. The van der Waals surface area contributed by atoms with Crippen LogP contribution in [-0.2, 0) is 22.6 Å². The van der Waals surface area contributed by atoms with Crippen LogP contribution in [0.3, 0.4) is 0 Å². The first-order valence-electron chi connectivity index (χ1n) is 10.1. The maximum atomic E-state index is 13.2. The fourth-order valence-electron chi connectivity index (χ4n) is 3.24. The van der Waals surface area contributed by atoms with E-state index in [1.54, 1.807) is 4.90 Å². The van der Waals surface area contributed by atoms with Gasteiger partial charge in [0.05, 0.1) is 6.42 Å². The highest BCUT2D eigenvalue weighted by Gasteiger charge is 2.29. The molecule has 0 bridgehead atoms. The largest absolute Gasteiger partial charge is 0.352 e. The van der Waals surface area contributed by atoms with Gasteiger partial charge < -0.3 is 10.2 Å². The Hall–Kier alpha value is -2.62. The predicted octanol–water partition coefficient (Wildman–Crippen LogP) is 4.26. The molecular formula is C24H32N2O2. The molecule has 0 aliphatic rings. The first-order valence-corrected chi connectivity index (χ1v) is 10.1. The van der Waals surface area contributed by atoms with Crippen molar-refractivity contribution >= 4 is 11.8 Å². The molecule has 150 valence electrons. The second-order valence-electron chi connectivity index (χ2n) is 7.41. The molecule has 2 amide bonds. The van der Waals surface area contributed by atoms with Crippen LogP contribution in [0.2, 0.25) is 0 Å². The summed E-state index contributed by atoms with van der Waals surface area (Å²) in [5.41, 5.74) is 3.12. The summed E-state index contributed by atoms with van der Waals surface area (Å²) in [4.78, 5) is 27.8. The van der Waals surface area contributed by atoms with Gasteiger partial charge in [-0.2, -0.15) is 0 Å². The van der Waals surface area contributed by atoms with Gasteiger partial charge in [-0.15, -0.1) is 0 Å². The average Bonchev–Trinajstić information content (AvgIpc) is 2.68. The third-order valence-electron chi connectivity index (χ3n) is 5.02. The van der Waals surface area contributed by atoms with E-state index in [1.165, 1.54) is 0 Å².